The van der Waals surface area contributed by atoms with Gasteiger partial charge >= 0.3 is 11.9 Å². The largest absolute Gasteiger partial charge is 0.455 e. The molecule has 2 atom stereocenters. The van der Waals surface area contributed by atoms with E-state index in [0.717, 1.165) is 0 Å². The third-order valence-corrected chi connectivity index (χ3v) is 2.04. The van der Waals surface area contributed by atoms with Crippen molar-refractivity contribution in [2.45, 2.75) is 39.9 Å². The molecule has 0 fully saturated rings. The number of aliphatic hydroxyl groups excluding tert-OH is 2. The maximum absolute atomic E-state index is 11.2. The number of esters is 2. The molecule has 0 saturated carbocycles. The summed E-state index contributed by atoms with van der Waals surface area (Å²) in [6.45, 7) is 13.1. The third kappa shape index (κ3) is 10.3. The molecule has 0 rings (SSSR count). The van der Waals surface area contributed by atoms with E-state index in [1.807, 2.05) is 0 Å². The number of hydrogen-bond donors (Lipinski definition) is 2. The predicted molar refractivity (Wildman–Crippen MR) is 74.9 cm³/mol. The molecular formula is C14H24O6. The van der Waals surface area contributed by atoms with E-state index in [9.17, 15) is 9.59 Å². The van der Waals surface area contributed by atoms with Crippen molar-refractivity contribution >= 4 is 11.9 Å². The van der Waals surface area contributed by atoms with Crippen LogP contribution >= 0.6 is 0 Å². The van der Waals surface area contributed by atoms with Crippen molar-refractivity contribution in [3.63, 3.8) is 0 Å². The molecule has 0 amide bonds. The molecule has 0 aromatic rings. The standard InChI is InChI=1S/C12H18O4.C2H6O2/c1-7(2)11(13)15-9(5)10(6)16-12(14)8(3)4;3-1-2-4/h9-10H,1,3H2,2,4-6H3;3-4H,1-2H2. The van der Waals surface area contributed by atoms with Crippen molar-refractivity contribution < 1.29 is 29.3 Å². The third-order valence-electron chi connectivity index (χ3n) is 2.04. The van der Waals surface area contributed by atoms with E-state index in [1.54, 1.807) is 27.7 Å². The van der Waals surface area contributed by atoms with E-state index < -0.39 is 24.1 Å². The molecule has 116 valence electrons. The fourth-order valence-electron chi connectivity index (χ4n) is 0.730. The summed E-state index contributed by atoms with van der Waals surface area (Å²) in [7, 11) is 0. The van der Waals surface area contributed by atoms with Gasteiger partial charge in [0.2, 0.25) is 0 Å². The number of hydrogen-bond acceptors (Lipinski definition) is 6. The van der Waals surface area contributed by atoms with Gasteiger partial charge in [-0.15, -0.1) is 0 Å². The molecule has 2 unspecified atom stereocenters. The molecule has 20 heavy (non-hydrogen) atoms. The van der Waals surface area contributed by atoms with Crippen LogP contribution in [0, 0.1) is 0 Å². The summed E-state index contributed by atoms with van der Waals surface area (Å²) < 4.78 is 10.0. The highest BCUT2D eigenvalue weighted by molar-refractivity contribution is 5.87. The van der Waals surface area contributed by atoms with E-state index >= 15 is 0 Å². The normalized spacial score (nSPS) is 12.3. The van der Waals surface area contributed by atoms with Crippen LogP contribution in [0.5, 0.6) is 0 Å². The molecule has 0 heterocycles. The van der Waals surface area contributed by atoms with Gasteiger partial charge in [0, 0.05) is 11.1 Å². The first-order valence-corrected chi connectivity index (χ1v) is 6.12. The van der Waals surface area contributed by atoms with Crippen molar-refractivity contribution in [1.29, 1.82) is 0 Å². The first-order chi connectivity index (χ1) is 9.17. The number of ether oxygens (including phenoxy) is 2. The Morgan fingerprint density at radius 1 is 0.900 bits per heavy atom. The van der Waals surface area contributed by atoms with Gasteiger partial charge in [-0.25, -0.2) is 9.59 Å². The number of carbonyl (C=O) groups is 2. The second kappa shape index (κ2) is 11.2. The topological polar surface area (TPSA) is 93.1 Å². The molecule has 6 nitrogen and oxygen atoms in total. The Morgan fingerprint density at radius 3 is 1.30 bits per heavy atom. The number of carbonyl (C=O) groups excluding carboxylic acids is 2. The summed E-state index contributed by atoms with van der Waals surface area (Å²) in [5, 5.41) is 15.2. The minimum Gasteiger partial charge on any atom is -0.455 e. The second-order valence-electron chi connectivity index (χ2n) is 4.23. The molecular weight excluding hydrogens is 264 g/mol. The zero-order valence-electron chi connectivity index (χ0n) is 12.5. The Bertz CT molecular complexity index is 314. The highest BCUT2D eigenvalue weighted by atomic mass is 16.6. The Kier molecular flexibility index (Phi) is 11.6. The summed E-state index contributed by atoms with van der Waals surface area (Å²) in [6.07, 6.45) is -1.04. The molecule has 0 bridgehead atoms. The van der Waals surface area contributed by atoms with E-state index in [2.05, 4.69) is 13.2 Å². The molecule has 0 radical (unpaired) electrons. The van der Waals surface area contributed by atoms with Crippen molar-refractivity contribution in [2.24, 2.45) is 0 Å². The number of aliphatic hydroxyl groups is 2. The fourth-order valence-corrected chi connectivity index (χ4v) is 0.730. The van der Waals surface area contributed by atoms with Crippen molar-refractivity contribution in [3.05, 3.63) is 24.3 Å². The zero-order valence-corrected chi connectivity index (χ0v) is 12.5. The molecule has 0 aromatic carbocycles. The van der Waals surface area contributed by atoms with E-state index in [-0.39, 0.29) is 13.2 Å². The van der Waals surface area contributed by atoms with Crippen molar-refractivity contribution in [2.75, 3.05) is 13.2 Å². The molecule has 0 aliphatic carbocycles. The van der Waals surface area contributed by atoms with E-state index in [0.29, 0.717) is 11.1 Å². The first-order valence-electron chi connectivity index (χ1n) is 6.12. The van der Waals surface area contributed by atoms with Gasteiger partial charge < -0.3 is 19.7 Å². The molecule has 0 aliphatic rings. The van der Waals surface area contributed by atoms with E-state index in [4.69, 9.17) is 19.7 Å². The average molecular weight is 288 g/mol. The summed E-state index contributed by atoms with van der Waals surface area (Å²) in [5.74, 6) is -0.989. The van der Waals surface area contributed by atoms with Crippen LogP contribution in [0.4, 0.5) is 0 Å². The lowest BCUT2D eigenvalue weighted by Gasteiger charge is -2.20. The maximum Gasteiger partial charge on any atom is 0.333 e. The smallest absolute Gasteiger partial charge is 0.333 e. The quantitative estimate of drug-likeness (QED) is 0.559. The highest BCUT2D eigenvalue weighted by Crippen LogP contribution is 2.08. The van der Waals surface area contributed by atoms with Crippen molar-refractivity contribution in [1.82, 2.24) is 0 Å². The van der Waals surface area contributed by atoms with Crippen LogP contribution in [-0.2, 0) is 19.1 Å². The minimum absolute atomic E-state index is 0.125. The summed E-state index contributed by atoms with van der Waals surface area (Å²) in [4.78, 5) is 22.4. The molecule has 2 N–H and O–H groups in total. The lowest BCUT2D eigenvalue weighted by molar-refractivity contribution is -0.160. The zero-order chi connectivity index (χ0) is 16.3. The molecule has 6 heteroatoms. The van der Waals surface area contributed by atoms with Crippen LogP contribution in [0.1, 0.15) is 27.7 Å². The van der Waals surface area contributed by atoms with Crippen LogP contribution in [0.25, 0.3) is 0 Å². The summed E-state index contributed by atoms with van der Waals surface area (Å²) in [5.41, 5.74) is 0.621. The Labute approximate surface area is 119 Å². The number of rotatable bonds is 6. The molecule has 0 aliphatic heterocycles. The van der Waals surface area contributed by atoms with Crippen LogP contribution in [-0.4, -0.2) is 47.6 Å². The fraction of sp³-hybridized carbons (Fsp3) is 0.571. The summed E-state index contributed by atoms with van der Waals surface area (Å²) >= 11 is 0. The predicted octanol–water partition coefficient (Wildman–Crippen LogP) is 0.973. The van der Waals surface area contributed by atoms with E-state index in [1.165, 1.54) is 0 Å². The first kappa shape index (κ1) is 20.7. The van der Waals surface area contributed by atoms with Crippen LogP contribution in [0.2, 0.25) is 0 Å². The highest BCUT2D eigenvalue weighted by Gasteiger charge is 2.20. The minimum atomic E-state index is -0.521. The van der Waals surface area contributed by atoms with Crippen LogP contribution in [0.15, 0.2) is 24.3 Å². The molecule has 0 spiro atoms. The lowest BCUT2D eigenvalue weighted by Crippen LogP contribution is -2.31. The molecule has 0 saturated heterocycles. The Morgan fingerprint density at radius 2 is 1.15 bits per heavy atom. The van der Waals surface area contributed by atoms with Gasteiger partial charge in [-0.05, 0) is 27.7 Å². The van der Waals surface area contributed by atoms with Gasteiger partial charge in [0.15, 0.2) is 0 Å². The van der Waals surface area contributed by atoms with Gasteiger partial charge in [0.25, 0.3) is 0 Å². The van der Waals surface area contributed by atoms with Gasteiger partial charge in [0.1, 0.15) is 12.2 Å². The van der Waals surface area contributed by atoms with Crippen LogP contribution in [0.3, 0.4) is 0 Å². The van der Waals surface area contributed by atoms with Gasteiger partial charge in [-0.3, -0.25) is 0 Å². The molecule has 0 aromatic heterocycles. The van der Waals surface area contributed by atoms with Gasteiger partial charge in [0.05, 0.1) is 13.2 Å². The Balaban J connectivity index is 0. The van der Waals surface area contributed by atoms with Gasteiger partial charge in [-0.1, -0.05) is 13.2 Å². The van der Waals surface area contributed by atoms with Gasteiger partial charge in [-0.2, -0.15) is 0 Å². The van der Waals surface area contributed by atoms with Crippen LogP contribution < -0.4 is 0 Å². The lowest BCUT2D eigenvalue weighted by atomic mass is 10.2. The second-order valence-corrected chi connectivity index (χ2v) is 4.23. The van der Waals surface area contributed by atoms with Crippen molar-refractivity contribution in [3.8, 4) is 0 Å². The Hall–Kier alpha value is -1.66. The average Bonchev–Trinajstić information content (AvgIpc) is 2.38. The monoisotopic (exact) mass is 288 g/mol. The maximum atomic E-state index is 11.2. The summed E-state index contributed by atoms with van der Waals surface area (Å²) in [6, 6.07) is 0. The SMILES string of the molecule is C=C(C)C(=O)OC(C)C(C)OC(=O)C(=C)C.OCCO.